The maximum atomic E-state index is 12.4. The fraction of sp³-hybridized carbons (Fsp3) is 0.222. The van der Waals surface area contributed by atoms with E-state index in [1.165, 1.54) is 23.3 Å². The van der Waals surface area contributed by atoms with E-state index in [0.717, 1.165) is 5.56 Å². The average molecular weight is 292 g/mol. The first kappa shape index (κ1) is 13.1. The fourth-order valence-corrected chi connectivity index (χ4v) is 2.94. The highest BCUT2D eigenvalue weighted by molar-refractivity contribution is 6.22. The molecule has 4 nitrogen and oxygen atoms in total. The van der Waals surface area contributed by atoms with Crippen LogP contribution in [-0.4, -0.2) is 11.9 Å². The van der Waals surface area contributed by atoms with E-state index < -0.39 is 6.03 Å². The zero-order chi connectivity index (χ0) is 15.1. The van der Waals surface area contributed by atoms with E-state index in [1.807, 2.05) is 30.3 Å². The van der Waals surface area contributed by atoms with Gasteiger partial charge in [0, 0.05) is 5.69 Å². The van der Waals surface area contributed by atoms with Gasteiger partial charge in [-0.2, -0.15) is 0 Å². The second-order valence-corrected chi connectivity index (χ2v) is 5.86. The van der Waals surface area contributed by atoms with Crippen molar-refractivity contribution in [3.05, 3.63) is 59.7 Å². The Labute approximate surface area is 128 Å². The Balaban J connectivity index is 1.60. The molecule has 0 saturated heterocycles. The Morgan fingerprint density at radius 2 is 1.86 bits per heavy atom. The van der Waals surface area contributed by atoms with Crippen molar-refractivity contribution in [2.45, 2.75) is 25.2 Å². The van der Waals surface area contributed by atoms with Crippen LogP contribution in [0.25, 0.3) is 0 Å². The number of urea groups is 1. The third-order valence-electron chi connectivity index (χ3n) is 4.21. The van der Waals surface area contributed by atoms with Crippen molar-refractivity contribution in [2.75, 3.05) is 10.2 Å². The lowest BCUT2D eigenvalue weighted by molar-refractivity contribution is -0.116. The summed E-state index contributed by atoms with van der Waals surface area (Å²) < 4.78 is 0. The predicted octanol–water partition coefficient (Wildman–Crippen LogP) is 3.69. The normalized spacial score (nSPS) is 16.5. The van der Waals surface area contributed by atoms with Crippen LogP contribution in [0.1, 0.15) is 29.9 Å². The van der Waals surface area contributed by atoms with Gasteiger partial charge in [-0.25, -0.2) is 9.69 Å². The zero-order valence-corrected chi connectivity index (χ0v) is 12.1. The number of para-hydroxylation sites is 1. The van der Waals surface area contributed by atoms with Gasteiger partial charge < -0.3 is 5.32 Å². The highest BCUT2D eigenvalue weighted by atomic mass is 16.2. The molecular weight excluding hydrogens is 276 g/mol. The molecule has 0 aromatic heterocycles. The SMILES string of the molecule is O=C1Cc2cc(C3CC3)ccc2N1C(=O)Nc1ccccc1. The second kappa shape index (κ2) is 4.98. The first-order valence-corrected chi connectivity index (χ1v) is 7.54. The molecule has 0 radical (unpaired) electrons. The predicted molar refractivity (Wildman–Crippen MR) is 85.1 cm³/mol. The topological polar surface area (TPSA) is 49.4 Å². The molecule has 110 valence electrons. The molecule has 2 aliphatic rings. The summed E-state index contributed by atoms with van der Waals surface area (Å²) in [7, 11) is 0. The number of rotatable bonds is 2. The van der Waals surface area contributed by atoms with E-state index in [2.05, 4.69) is 11.4 Å². The van der Waals surface area contributed by atoms with Gasteiger partial charge >= 0.3 is 6.03 Å². The second-order valence-electron chi connectivity index (χ2n) is 5.86. The number of carbonyl (C=O) groups is 2. The van der Waals surface area contributed by atoms with Gasteiger partial charge in [0.05, 0.1) is 12.1 Å². The molecule has 1 fully saturated rings. The summed E-state index contributed by atoms with van der Waals surface area (Å²) in [6.07, 6.45) is 2.76. The van der Waals surface area contributed by atoms with Gasteiger partial charge in [0.15, 0.2) is 0 Å². The highest BCUT2D eigenvalue weighted by Crippen LogP contribution is 2.42. The van der Waals surface area contributed by atoms with Crippen molar-refractivity contribution in [3.8, 4) is 0 Å². The van der Waals surface area contributed by atoms with Crippen molar-refractivity contribution in [1.29, 1.82) is 0 Å². The Kier molecular flexibility index (Phi) is 2.96. The molecule has 0 bridgehead atoms. The molecule has 4 heteroatoms. The minimum atomic E-state index is -0.394. The van der Waals surface area contributed by atoms with Crippen molar-refractivity contribution in [1.82, 2.24) is 0 Å². The summed E-state index contributed by atoms with van der Waals surface area (Å²) in [5, 5.41) is 2.77. The average Bonchev–Trinajstić information content (AvgIpc) is 3.30. The number of nitrogens with zero attached hydrogens (tertiary/aromatic N) is 1. The lowest BCUT2D eigenvalue weighted by Crippen LogP contribution is -2.37. The number of hydrogen-bond acceptors (Lipinski definition) is 2. The Hall–Kier alpha value is -2.62. The summed E-state index contributed by atoms with van der Waals surface area (Å²) in [4.78, 5) is 25.9. The molecule has 1 aliphatic carbocycles. The summed E-state index contributed by atoms with van der Waals surface area (Å²) >= 11 is 0. The van der Waals surface area contributed by atoms with Crippen LogP contribution in [0.15, 0.2) is 48.5 Å². The fourth-order valence-electron chi connectivity index (χ4n) is 2.94. The quantitative estimate of drug-likeness (QED) is 0.917. The Bertz CT molecular complexity index is 751. The van der Waals surface area contributed by atoms with Crippen molar-refractivity contribution in [3.63, 3.8) is 0 Å². The van der Waals surface area contributed by atoms with Gasteiger partial charge in [0.1, 0.15) is 0 Å². The van der Waals surface area contributed by atoms with E-state index in [-0.39, 0.29) is 5.91 Å². The smallest absolute Gasteiger partial charge is 0.307 e. The van der Waals surface area contributed by atoms with Crippen LogP contribution >= 0.6 is 0 Å². The number of imide groups is 1. The van der Waals surface area contributed by atoms with E-state index in [4.69, 9.17) is 0 Å². The number of benzene rings is 2. The number of fused-ring (bicyclic) bond motifs is 1. The minimum absolute atomic E-state index is 0.170. The van der Waals surface area contributed by atoms with E-state index in [0.29, 0.717) is 23.7 Å². The van der Waals surface area contributed by atoms with Gasteiger partial charge in [0.2, 0.25) is 5.91 Å². The van der Waals surface area contributed by atoms with Crippen molar-refractivity contribution < 1.29 is 9.59 Å². The maximum absolute atomic E-state index is 12.4. The van der Waals surface area contributed by atoms with Crippen LogP contribution < -0.4 is 10.2 Å². The van der Waals surface area contributed by atoms with Crippen LogP contribution in [0.3, 0.4) is 0 Å². The number of amides is 3. The minimum Gasteiger partial charge on any atom is -0.307 e. The van der Waals surface area contributed by atoms with Crippen LogP contribution in [-0.2, 0) is 11.2 Å². The van der Waals surface area contributed by atoms with Gasteiger partial charge in [-0.05, 0) is 48.1 Å². The highest BCUT2D eigenvalue weighted by Gasteiger charge is 2.34. The number of hydrogen-bond donors (Lipinski definition) is 1. The van der Waals surface area contributed by atoms with Gasteiger partial charge in [-0.3, -0.25) is 4.79 Å². The van der Waals surface area contributed by atoms with Gasteiger partial charge in [-0.1, -0.05) is 30.3 Å². The Morgan fingerprint density at radius 3 is 2.59 bits per heavy atom. The molecule has 1 saturated carbocycles. The lowest BCUT2D eigenvalue weighted by atomic mass is 10.1. The molecule has 2 aromatic rings. The van der Waals surface area contributed by atoms with E-state index in [9.17, 15) is 9.59 Å². The third kappa shape index (κ3) is 2.26. The molecule has 3 amide bonds. The van der Waals surface area contributed by atoms with Crippen LogP contribution in [0.2, 0.25) is 0 Å². The number of nitrogens with one attached hydrogen (secondary N) is 1. The van der Waals surface area contributed by atoms with Gasteiger partial charge in [0.25, 0.3) is 0 Å². The molecule has 2 aromatic carbocycles. The molecule has 1 aliphatic heterocycles. The molecule has 4 rings (SSSR count). The lowest BCUT2D eigenvalue weighted by Gasteiger charge is -2.16. The zero-order valence-electron chi connectivity index (χ0n) is 12.1. The molecule has 0 unspecified atom stereocenters. The monoisotopic (exact) mass is 292 g/mol. The summed E-state index contributed by atoms with van der Waals surface area (Å²) in [6.45, 7) is 0. The van der Waals surface area contributed by atoms with Crippen molar-refractivity contribution in [2.24, 2.45) is 0 Å². The molecule has 1 N–H and O–H groups in total. The van der Waals surface area contributed by atoms with Crippen molar-refractivity contribution >= 4 is 23.3 Å². The van der Waals surface area contributed by atoms with E-state index in [1.54, 1.807) is 12.1 Å². The molecule has 0 atom stereocenters. The standard InChI is InChI=1S/C18H16N2O2/c21-17-11-14-10-13(12-6-7-12)8-9-16(14)20(17)18(22)19-15-4-2-1-3-5-15/h1-5,8-10,12H,6-7,11H2,(H,19,22). The third-order valence-corrected chi connectivity index (χ3v) is 4.21. The summed E-state index contributed by atoms with van der Waals surface area (Å²) in [5.74, 6) is 0.476. The number of carbonyl (C=O) groups excluding carboxylic acids is 2. The summed E-state index contributed by atoms with van der Waals surface area (Å²) in [5.41, 5.74) is 3.64. The summed E-state index contributed by atoms with van der Waals surface area (Å²) in [6, 6.07) is 14.8. The van der Waals surface area contributed by atoms with Gasteiger partial charge in [-0.15, -0.1) is 0 Å². The van der Waals surface area contributed by atoms with E-state index >= 15 is 0 Å². The van der Waals surface area contributed by atoms with Crippen LogP contribution in [0, 0.1) is 0 Å². The largest absolute Gasteiger partial charge is 0.333 e. The molecular formula is C18H16N2O2. The molecule has 22 heavy (non-hydrogen) atoms. The first-order chi connectivity index (χ1) is 10.7. The first-order valence-electron chi connectivity index (χ1n) is 7.54. The Morgan fingerprint density at radius 1 is 1.09 bits per heavy atom. The van der Waals surface area contributed by atoms with Crippen LogP contribution in [0.5, 0.6) is 0 Å². The van der Waals surface area contributed by atoms with Crippen LogP contribution in [0.4, 0.5) is 16.2 Å². The number of anilines is 2. The maximum Gasteiger partial charge on any atom is 0.333 e. The molecule has 0 spiro atoms. The molecule has 1 heterocycles.